The van der Waals surface area contributed by atoms with Crippen molar-refractivity contribution in [3.8, 4) is 11.5 Å². The van der Waals surface area contributed by atoms with Gasteiger partial charge < -0.3 is 9.47 Å². The minimum atomic E-state index is -4.84. The second-order valence-corrected chi connectivity index (χ2v) is 6.44. The number of ketones is 2. The molecule has 0 aliphatic heterocycles. The van der Waals surface area contributed by atoms with Crippen molar-refractivity contribution in [3.05, 3.63) is 60.2 Å². The van der Waals surface area contributed by atoms with Crippen LogP contribution in [0.15, 0.2) is 54.6 Å². The smallest absolute Gasteiger partial charge is 0.449 e. The Hall–Kier alpha value is -2.83. The largest absolute Gasteiger partial charge is 0.494 e. The average Bonchev–Trinajstić information content (AvgIpc) is 2.71. The molecule has 2 aromatic carbocycles. The Labute approximate surface area is 167 Å². The first kappa shape index (κ1) is 22.5. The molecule has 4 nitrogen and oxygen atoms in total. The van der Waals surface area contributed by atoms with Gasteiger partial charge in [0.05, 0.1) is 13.2 Å². The van der Waals surface area contributed by atoms with E-state index in [1.807, 2.05) is 30.3 Å². The molecule has 0 heterocycles. The molecule has 0 atom stereocenters. The van der Waals surface area contributed by atoms with E-state index in [1.54, 1.807) is 24.3 Å². The Kier molecular flexibility index (Phi) is 8.70. The minimum Gasteiger partial charge on any atom is -0.494 e. The van der Waals surface area contributed by atoms with E-state index in [2.05, 4.69) is 0 Å². The third-order valence-corrected chi connectivity index (χ3v) is 4.12. The van der Waals surface area contributed by atoms with Gasteiger partial charge in [0.1, 0.15) is 11.5 Å². The van der Waals surface area contributed by atoms with Crippen molar-refractivity contribution in [1.82, 2.24) is 0 Å². The molecule has 2 rings (SSSR count). The summed E-state index contributed by atoms with van der Waals surface area (Å²) in [5, 5.41) is 0. The Morgan fingerprint density at radius 1 is 0.724 bits per heavy atom. The van der Waals surface area contributed by atoms with Gasteiger partial charge in [0.15, 0.2) is 5.78 Å². The van der Waals surface area contributed by atoms with E-state index >= 15 is 0 Å². The second kappa shape index (κ2) is 11.2. The predicted molar refractivity (Wildman–Crippen MR) is 102 cm³/mol. The monoisotopic (exact) mass is 408 g/mol. The van der Waals surface area contributed by atoms with Gasteiger partial charge in [-0.15, -0.1) is 0 Å². The zero-order chi connectivity index (χ0) is 21.1. The van der Waals surface area contributed by atoms with E-state index < -0.39 is 18.4 Å². The Bertz CT molecular complexity index is 771. The number of halogens is 3. The van der Waals surface area contributed by atoms with Crippen LogP contribution in [0, 0.1) is 0 Å². The number of rotatable bonds is 12. The molecule has 7 heteroatoms. The number of benzene rings is 2. The van der Waals surface area contributed by atoms with Gasteiger partial charge in [0, 0.05) is 18.4 Å². The third-order valence-electron chi connectivity index (χ3n) is 4.12. The molecule has 0 saturated carbocycles. The van der Waals surface area contributed by atoms with Crippen molar-refractivity contribution >= 4 is 11.6 Å². The summed E-state index contributed by atoms with van der Waals surface area (Å²) in [4.78, 5) is 22.8. The summed E-state index contributed by atoms with van der Waals surface area (Å²) in [7, 11) is 0. The number of Topliss-reactive ketones (excluding diaryl/α,β-unsaturated/α-hetero) is 2. The molecule has 156 valence electrons. The van der Waals surface area contributed by atoms with Crippen LogP contribution in [0.3, 0.4) is 0 Å². The molecule has 0 N–H and O–H groups in total. The van der Waals surface area contributed by atoms with Crippen LogP contribution in [0.2, 0.25) is 0 Å². The lowest BCUT2D eigenvalue weighted by Gasteiger charge is -2.08. The number of alkyl halides is 3. The average molecular weight is 408 g/mol. The maximum atomic E-state index is 12.1. The summed E-state index contributed by atoms with van der Waals surface area (Å²) < 4.78 is 47.6. The van der Waals surface area contributed by atoms with E-state index in [0.717, 1.165) is 18.6 Å². The molecule has 0 saturated heterocycles. The minimum absolute atomic E-state index is 0.108. The lowest BCUT2D eigenvalue weighted by atomic mass is 10.0. The normalized spacial score (nSPS) is 11.1. The molecule has 0 aromatic heterocycles. The third kappa shape index (κ3) is 8.37. The summed E-state index contributed by atoms with van der Waals surface area (Å²) in [6, 6.07) is 16.0. The maximum absolute atomic E-state index is 12.1. The highest BCUT2D eigenvalue weighted by atomic mass is 19.4. The lowest BCUT2D eigenvalue weighted by molar-refractivity contribution is -0.171. The van der Waals surface area contributed by atoms with Gasteiger partial charge in [0.2, 0.25) is 5.78 Å². The number of carbonyl (C=O) groups is 2. The summed E-state index contributed by atoms with van der Waals surface area (Å²) in [6.07, 6.45) is -4.10. The molecule has 0 amide bonds. The molecule has 0 bridgehead atoms. The summed E-state index contributed by atoms with van der Waals surface area (Å²) in [5.41, 5.74) is 0.382. The maximum Gasteiger partial charge on any atom is 0.449 e. The zero-order valence-corrected chi connectivity index (χ0v) is 15.9. The fourth-order valence-electron chi connectivity index (χ4n) is 2.53. The van der Waals surface area contributed by atoms with E-state index in [1.165, 1.54) is 0 Å². The second-order valence-electron chi connectivity index (χ2n) is 6.44. The summed E-state index contributed by atoms with van der Waals surface area (Å²) in [5.74, 6) is -0.665. The zero-order valence-electron chi connectivity index (χ0n) is 15.9. The van der Waals surface area contributed by atoms with Crippen molar-refractivity contribution in [1.29, 1.82) is 0 Å². The highest BCUT2D eigenvalue weighted by Gasteiger charge is 2.37. The van der Waals surface area contributed by atoms with Crippen molar-refractivity contribution in [3.63, 3.8) is 0 Å². The molecule has 0 spiro atoms. The number of unbranched alkanes of at least 4 members (excludes halogenated alkanes) is 1. The highest BCUT2D eigenvalue weighted by molar-refractivity contribution is 5.96. The lowest BCUT2D eigenvalue weighted by Crippen LogP contribution is -2.22. The van der Waals surface area contributed by atoms with E-state index in [4.69, 9.17) is 9.47 Å². The molecule has 29 heavy (non-hydrogen) atoms. The van der Waals surface area contributed by atoms with E-state index in [0.29, 0.717) is 24.5 Å². The Morgan fingerprint density at radius 3 is 1.83 bits per heavy atom. The summed E-state index contributed by atoms with van der Waals surface area (Å²) in [6.45, 7) is 1.10. The topological polar surface area (TPSA) is 52.6 Å². The predicted octanol–water partition coefficient (Wildman–Crippen LogP) is 5.41. The van der Waals surface area contributed by atoms with Gasteiger partial charge in [0.25, 0.3) is 0 Å². The number of ether oxygens (including phenoxy) is 2. The van der Waals surface area contributed by atoms with Crippen LogP contribution < -0.4 is 9.47 Å². The Morgan fingerprint density at radius 2 is 1.28 bits per heavy atom. The molecular formula is C22H23F3O4. The van der Waals surface area contributed by atoms with Crippen LogP contribution in [-0.4, -0.2) is 31.0 Å². The Balaban J connectivity index is 1.62. The van der Waals surface area contributed by atoms with Crippen molar-refractivity contribution in [2.75, 3.05) is 13.2 Å². The first-order valence-electron chi connectivity index (χ1n) is 9.40. The molecule has 0 fully saturated rings. The molecule has 0 aliphatic rings. The number of hydrogen-bond donors (Lipinski definition) is 0. The van der Waals surface area contributed by atoms with Crippen LogP contribution in [0.1, 0.15) is 42.5 Å². The SMILES string of the molecule is O=C(CCCC(=O)C(F)(F)F)c1ccc(OCCCCOc2ccccc2)cc1. The van der Waals surface area contributed by atoms with Gasteiger partial charge in [-0.05, 0) is 55.7 Å². The van der Waals surface area contributed by atoms with Crippen molar-refractivity contribution in [2.45, 2.75) is 38.3 Å². The van der Waals surface area contributed by atoms with Crippen LogP contribution in [-0.2, 0) is 4.79 Å². The van der Waals surface area contributed by atoms with Gasteiger partial charge in [-0.3, -0.25) is 9.59 Å². The highest BCUT2D eigenvalue weighted by Crippen LogP contribution is 2.20. The van der Waals surface area contributed by atoms with Crippen molar-refractivity contribution in [2.24, 2.45) is 0 Å². The van der Waals surface area contributed by atoms with E-state index in [-0.39, 0.29) is 18.6 Å². The van der Waals surface area contributed by atoms with Gasteiger partial charge in [-0.25, -0.2) is 0 Å². The first-order valence-corrected chi connectivity index (χ1v) is 9.40. The number of carbonyl (C=O) groups excluding carboxylic acids is 2. The van der Waals surface area contributed by atoms with Crippen LogP contribution >= 0.6 is 0 Å². The molecule has 0 unspecified atom stereocenters. The fourth-order valence-corrected chi connectivity index (χ4v) is 2.53. The molecular weight excluding hydrogens is 385 g/mol. The van der Waals surface area contributed by atoms with Crippen molar-refractivity contribution < 1.29 is 32.2 Å². The quantitative estimate of drug-likeness (QED) is 0.348. The fraction of sp³-hybridized carbons (Fsp3) is 0.364. The van der Waals surface area contributed by atoms with Gasteiger partial charge in [-0.2, -0.15) is 13.2 Å². The standard InChI is InChI=1S/C22H23F3O4/c23-22(24,25)21(27)10-6-9-20(26)17-11-13-19(14-12-17)29-16-5-4-15-28-18-7-2-1-3-8-18/h1-3,7-8,11-14H,4-6,9-10,15-16H2. The van der Waals surface area contributed by atoms with Gasteiger partial charge in [-0.1, -0.05) is 18.2 Å². The van der Waals surface area contributed by atoms with Crippen LogP contribution in [0.5, 0.6) is 11.5 Å². The van der Waals surface area contributed by atoms with E-state index in [9.17, 15) is 22.8 Å². The van der Waals surface area contributed by atoms with Gasteiger partial charge >= 0.3 is 6.18 Å². The number of para-hydroxylation sites is 1. The number of hydrogen-bond acceptors (Lipinski definition) is 4. The first-order chi connectivity index (χ1) is 13.9. The summed E-state index contributed by atoms with van der Waals surface area (Å²) >= 11 is 0. The molecule has 0 aliphatic carbocycles. The molecule has 0 radical (unpaired) electrons. The van der Waals surface area contributed by atoms with Crippen LogP contribution in [0.25, 0.3) is 0 Å². The van der Waals surface area contributed by atoms with Crippen LogP contribution in [0.4, 0.5) is 13.2 Å². The molecule has 2 aromatic rings.